The van der Waals surface area contributed by atoms with Gasteiger partial charge in [0.25, 0.3) is 0 Å². The summed E-state index contributed by atoms with van der Waals surface area (Å²) in [5.41, 5.74) is 2.44. The van der Waals surface area contributed by atoms with E-state index in [1.165, 1.54) is 5.56 Å². The van der Waals surface area contributed by atoms with E-state index in [-0.39, 0.29) is 24.8 Å². The SMILES string of the molecule is C[C@H](N[C@H](CO)c1ccccc1)[C@H]1CN(Cc2ccccc2)CCO1. The van der Waals surface area contributed by atoms with Crippen LogP contribution < -0.4 is 5.32 Å². The molecular formula is C21H28N2O2. The fourth-order valence-corrected chi connectivity index (χ4v) is 3.38. The molecule has 134 valence electrons. The summed E-state index contributed by atoms with van der Waals surface area (Å²) < 4.78 is 6.00. The molecule has 1 aliphatic rings. The van der Waals surface area contributed by atoms with Crippen molar-refractivity contribution in [3.8, 4) is 0 Å². The maximum atomic E-state index is 9.76. The minimum absolute atomic E-state index is 0.0655. The van der Waals surface area contributed by atoms with Gasteiger partial charge >= 0.3 is 0 Å². The van der Waals surface area contributed by atoms with Gasteiger partial charge in [-0.3, -0.25) is 4.90 Å². The lowest BCUT2D eigenvalue weighted by Gasteiger charge is -2.37. The molecule has 1 fully saturated rings. The molecule has 0 amide bonds. The molecule has 2 N–H and O–H groups in total. The van der Waals surface area contributed by atoms with Gasteiger partial charge in [-0.15, -0.1) is 0 Å². The third-order valence-electron chi connectivity index (χ3n) is 4.83. The Labute approximate surface area is 150 Å². The van der Waals surface area contributed by atoms with Crippen LogP contribution in [-0.2, 0) is 11.3 Å². The molecule has 0 bridgehead atoms. The molecule has 4 heteroatoms. The molecule has 3 atom stereocenters. The maximum absolute atomic E-state index is 9.76. The van der Waals surface area contributed by atoms with E-state index in [4.69, 9.17) is 4.74 Å². The topological polar surface area (TPSA) is 44.7 Å². The van der Waals surface area contributed by atoms with E-state index in [2.05, 4.69) is 47.5 Å². The molecule has 0 aromatic heterocycles. The number of benzene rings is 2. The van der Waals surface area contributed by atoms with Gasteiger partial charge in [0.1, 0.15) is 0 Å². The van der Waals surface area contributed by atoms with Gasteiger partial charge in [0, 0.05) is 25.7 Å². The van der Waals surface area contributed by atoms with Gasteiger partial charge < -0.3 is 15.2 Å². The lowest BCUT2D eigenvalue weighted by molar-refractivity contribution is -0.0486. The average molecular weight is 340 g/mol. The molecule has 1 heterocycles. The van der Waals surface area contributed by atoms with Gasteiger partial charge in [0.2, 0.25) is 0 Å². The largest absolute Gasteiger partial charge is 0.394 e. The Hall–Kier alpha value is -1.72. The van der Waals surface area contributed by atoms with E-state index in [0.717, 1.165) is 31.8 Å². The zero-order chi connectivity index (χ0) is 17.5. The predicted octanol–water partition coefficient (Wildman–Crippen LogP) is 2.60. The molecular weight excluding hydrogens is 312 g/mol. The standard InChI is InChI=1S/C21H28N2O2/c1-17(22-20(16-24)19-10-6-3-7-11-19)21-15-23(12-13-25-21)14-18-8-4-2-5-9-18/h2-11,17,20-22,24H,12-16H2,1H3/t17-,20+,21+/m0/s1. The van der Waals surface area contributed by atoms with Crippen molar-refractivity contribution in [2.75, 3.05) is 26.3 Å². The van der Waals surface area contributed by atoms with Crippen molar-refractivity contribution in [1.82, 2.24) is 10.2 Å². The molecule has 3 rings (SSSR count). The van der Waals surface area contributed by atoms with Crippen LogP contribution in [0, 0.1) is 0 Å². The Morgan fingerprint density at radius 2 is 1.80 bits per heavy atom. The zero-order valence-corrected chi connectivity index (χ0v) is 14.8. The quantitative estimate of drug-likeness (QED) is 0.813. The Kier molecular flexibility index (Phi) is 6.59. The van der Waals surface area contributed by atoms with Crippen LogP contribution in [0.15, 0.2) is 60.7 Å². The van der Waals surface area contributed by atoms with Gasteiger partial charge in [-0.1, -0.05) is 60.7 Å². The molecule has 1 aliphatic heterocycles. The summed E-state index contributed by atoms with van der Waals surface area (Å²) in [5.74, 6) is 0. The number of rotatable bonds is 7. The van der Waals surface area contributed by atoms with Crippen molar-refractivity contribution < 1.29 is 9.84 Å². The molecule has 2 aromatic carbocycles. The van der Waals surface area contributed by atoms with Crippen molar-refractivity contribution in [3.05, 3.63) is 71.8 Å². The van der Waals surface area contributed by atoms with Crippen LogP contribution in [0.2, 0.25) is 0 Å². The van der Waals surface area contributed by atoms with E-state index in [1.54, 1.807) is 0 Å². The summed E-state index contributed by atoms with van der Waals surface area (Å²) in [6.45, 7) is 5.78. The molecule has 25 heavy (non-hydrogen) atoms. The third-order valence-corrected chi connectivity index (χ3v) is 4.83. The highest BCUT2D eigenvalue weighted by Gasteiger charge is 2.27. The van der Waals surface area contributed by atoms with E-state index in [1.807, 2.05) is 30.3 Å². The normalized spacial score (nSPS) is 21.0. The molecule has 4 nitrogen and oxygen atoms in total. The molecule has 0 unspecified atom stereocenters. The van der Waals surface area contributed by atoms with Gasteiger partial charge in [-0.25, -0.2) is 0 Å². The van der Waals surface area contributed by atoms with Crippen LogP contribution >= 0.6 is 0 Å². The van der Waals surface area contributed by atoms with Crippen molar-refractivity contribution in [1.29, 1.82) is 0 Å². The average Bonchev–Trinajstić information content (AvgIpc) is 2.67. The summed E-state index contributed by atoms with van der Waals surface area (Å²) in [5, 5.41) is 13.3. The van der Waals surface area contributed by atoms with Gasteiger partial charge in [-0.2, -0.15) is 0 Å². The van der Waals surface area contributed by atoms with Crippen LogP contribution in [0.5, 0.6) is 0 Å². The van der Waals surface area contributed by atoms with E-state index >= 15 is 0 Å². The van der Waals surface area contributed by atoms with Crippen molar-refractivity contribution in [2.45, 2.75) is 31.7 Å². The summed E-state index contributed by atoms with van der Waals surface area (Å²) in [6, 6.07) is 20.8. The van der Waals surface area contributed by atoms with Crippen LogP contribution in [0.25, 0.3) is 0 Å². The molecule has 0 saturated carbocycles. The van der Waals surface area contributed by atoms with E-state index in [9.17, 15) is 5.11 Å². The summed E-state index contributed by atoms with van der Waals surface area (Å²) in [7, 11) is 0. The maximum Gasteiger partial charge on any atom is 0.0852 e. The second-order valence-electron chi connectivity index (χ2n) is 6.73. The minimum atomic E-state index is -0.0655. The number of aliphatic hydroxyl groups excluding tert-OH is 1. The molecule has 2 aromatic rings. The number of nitrogens with one attached hydrogen (secondary N) is 1. The first-order valence-corrected chi connectivity index (χ1v) is 9.06. The third kappa shape index (κ3) is 5.13. The van der Waals surface area contributed by atoms with Gasteiger partial charge in [-0.05, 0) is 18.1 Å². The lowest BCUT2D eigenvalue weighted by Crippen LogP contribution is -2.51. The smallest absolute Gasteiger partial charge is 0.0852 e. The van der Waals surface area contributed by atoms with Crippen LogP contribution in [0.4, 0.5) is 0 Å². The highest BCUT2D eigenvalue weighted by molar-refractivity contribution is 5.19. The first-order chi connectivity index (χ1) is 12.3. The highest BCUT2D eigenvalue weighted by atomic mass is 16.5. The Morgan fingerprint density at radius 3 is 2.48 bits per heavy atom. The Morgan fingerprint density at radius 1 is 1.12 bits per heavy atom. The number of hydrogen-bond acceptors (Lipinski definition) is 4. The second-order valence-corrected chi connectivity index (χ2v) is 6.73. The van der Waals surface area contributed by atoms with E-state index in [0.29, 0.717) is 0 Å². The lowest BCUT2D eigenvalue weighted by atomic mass is 10.0. The van der Waals surface area contributed by atoms with Crippen molar-refractivity contribution >= 4 is 0 Å². The van der Waals surface area contributed by atoms with Crippen molar-refractivity contribution in [3.63, 3.8) is 0 Å². The monoisotopic (exact) mass is 340 g/mol. The Bertz CT molecular complexity index is 620. The summed E-state index contributed by atoms with van der Waals surface area (Å²) in [4.78, 5) is 2.44. The number of hydrogen-bond donors (Lipinski definition) is 2. The first-order valence-electron chi connectivity index (χ1n) is 9.06. The van der Waals surface area contributed by atoms with Crippen molar-refractivity contribution in [2.24, 2.45) is 0 Å². The van der Waals surface area contributed by atoms with Gasteiger partial charge in [0.05, 0.1) is 25.4 Å². The van der Waals surface area contributed by atoms with Crippen LogP contribution in [0.1, 0.15) is 24.1 Å². The fourth-order valence-electron chi connectivity index (χ4n) is 3.38. The Balaban J connectivity index is 1.57. The number of nitrogens with zero attached hydrogens (tertiary/aromatic N) is 1. The second kappa shape index (κ2) is 9.11. The predicted molar refractivity (Wildman–Crippen MR) is 100 cm³/mol. The van der Waals surface area contributed by atoms with E-state index < -0.39 is 0 Å². The molecule has 0 spiro atoms. The zero-order valence-electron chi connectivity index (χ0n) is 14.8. The molecule has 1 saturated heterocycles. The highest BCUT2D eigenvalue weighted by Crippen LogP contribution is 2.17. The van der Waals surface area contributed by atoms with Gasteiger partial charge in [0.15, 0.2) is 0 Å². The molecule has 0 radical (unpaired) electrons. The summed E-state index contributed by atoms with van der Waals surface area (Å²) in [6.07, 6.45) is 0.121. The van der Waals surface area contributed by atoms with Crippen LogP contribution in [-0.4, -0.2) is 48.5 Å². The first kappa shape index (κ1) is 18.1. The summed E-state index contributed by atoms with van der Waals surface area (Å²) >= 11 is 0. The fraction of sp³-hybridized carbons (Fsp3) is 0.429. The number of aliphatic hydroxyl groups is 1. The van der Waals surface area contributed by atoms with Crippen LogP contribution in [0.3, 0.4) is 0 Å². The number of ether oxygens (including phenoxy) is 1. The number of morpholine rings is 1. The minimum Gasteiger partial charge on any atom is -0.394 e. The molecule has 0 aliphatic carbocycles.